The lowest BCUT2D eigenvalue weighted by Gasteiger charge is -2.28. The van der Waals surface area contributed by atoms with E-state index in [9.17, 15) is 13.2 Å². The molecule has 0 radical (unpaired) electrons. The highest BCUT2D eigenvalue weighted by Gasteiger charge is 2.42. The number of carbonyl (C=O) groups is 1. The summed E-state index contributed by atoms with van der Waals surface area (Å²) < 4.78 is 39.6. The maximum atomic E-state index is 13.1. The van der Waals surface area contributed by atoms with E-state index in [4.69, 9.17) is 14.2 Å². The molecular formula is C17H23NO6S. The fraction of sp³-hybridized carbons (Fsp3) is 0.588. The van der Waals surface area contributed by atoms with Gasteiger partial charge in [0.05, 0.1) is 32.8 Å². The Hall–Kier alpha value is -1.96. The fourth-order valence-electron chi connectivity index (χ4n) is 3.33. The van der Waals surface area contributed by atoms with Gasteiger partial charge in [-0.05, 0) is 31.4 Å². The van der Waals surface area contributed by atoms with Gasteiger partial charge in [0.25, 0.3) is 5.91 Å². The zero-order chi connectivity index (χ0) is 18.2. The molecule has 0 aromatic heterocycles. The van der Waals surface area contributed by atoms with Gasteiger partial charge in [-0.2, -0.15) is 0 Å². The van der Waals surface area contributed by atoms with Crippen LogP contribution in [0.15, 0.2) is 12.1 Å². The number of carbonyl (C=O) groups excluding carboxylic acids is 1. The minimum absolute atomic E-state index is 0.0413. The smallest absolute Gasteiger partial charge is 0.254 e. The van der Waals surface area contributed by atoms with Crippen molar-refractivity contribution in [3.05, 3.63) is 17.7 Å². The van der Waals surface area contributed by atoms with Gasteiger partial charge in [0.1, 0.15) is 0 Å². The number of hydrogen-bond donors (Lipinski definition) is 0. The van der Waals surface area contributed by atoms with Crippen LogP contribution in [0.2, 0.25) is 0 Å². The van der Waals surface area contributed by atoms with Crippen LogP contribution in [0.25, 0.3) is 0 Å². The van der Waals surface area contributed by atoms with E-state index in [-0.39, 0.29) is 29.5 Å². The summed E-state index contributed by atoms with van der Waals surface area (Å²) in [5, 5.41) is 0. The van der Waals surface area contributed by atoms with Gasteiger partial charge in [0, 0.05) is 17.6 Å². The normalized spacial score (nSPS) is 21.6. The van der Waals surface area contributed by atoms with Crippen LogP contribution in [0.5, 0.6) is 17.2 Å². The van der Waals surface area contributed by atoms with E-state index in [1.54, 1.807) is 17.0 Å². The molecule has 1 amide bonds. The summed E-state index contributed by atoms with van der Waals surface area (Å²) in [6, 6.07) is 3.08. The van der Waals surface area contributed by atoms with Crippen molar-refractivity contribution in [1.82, 2.24) is 4.90 Å². The fourth-order valence-corrected chi connectivity index (χ4v) is 5.04. The van der Waals surface area contributed by atoms with Crippen LogP contribution >= 0.6 is 0 Å². The number of nitrogens with zero attached hydrogens (tertiary/aromatic N) is 1. The summed E-state index contributed by atoms with van der Waals surface area (Å²) in [4.78, 5) is 14.9. The van der Waals surface area contributed by atoms with Crippen LogP contribution in [0.4, 0.5) is 0 Å². The predicted molar refractivity (Wildman–Crippen MR) is 92.3 cm³/mol. The second kappa shape index (κ2) is 6.74. The third-order valence-electron chi connectivity index (χ3n) is 4.69. The van der Waals surface area contributed by atoms with Crippen LogP contribution in [0.1, 0.15) is 29.6 Å². The average molecular weight is 369 g/mol. The first-order chi connectivity index (χ1) is 11.9. The topological polar surface area (TPSA) is 82.1 Å². The second-order valence-corrected chi connectivity index (χ2v) is 8.64. The van der Waals surface area contributed by atoms with E-state index in [0.29, 0.717) is 29.2 Å². The molecular weight excluding hydrogens is 346 g/mol. The summed E-state index contributed by atoms with van der Waals surface area (Å²) in [5.74, 6) is 1.22. The summed E-state index contributed by atoms with van der Waals surface area (Å²) in [5.41, 5.74) is 0.408. The Balaban J connectivity index is 1.95. The van der Waals surface area contributed by atoms with Gasteiger partial charge in [-0.1, -0.05) is 0 Å². The van der Waals surface area contributed by atoms with Crippen molar-refractivity contribution in [1.29, 1.82) is 0 Å². The van der Waals surface area contributed by atoms with Crippen LogP contribution in [-0.4, -0.2) is 64.1 Å². The Morgan fingerprint density at radius 3 is 2.00 bits per heavy atom. The molecule has 1 atom stereocenters. The Morgan fingerprint density at radius 1 is 1.00 bits per heavy atom. The van der Waals surface area contributed by atoms with Crippen molar-refractivity contribution in [3.63, 3.8) is 0 Å². The molecule has 0 bridgehead atoms. The monoisotopic (exact) mass is 369 g/mol. The van der Waals surface area contributed by atoms with E-state index >= 15 is 0 Å². The Morgan fingerprint density at radius 2 is 1.60 bits per heavy atom. The Kier molecular flexibility index (Phi) is 4.81. The van der Waals surface area contributed by atoms with Crippen LogP contribution in [0.3, 0.4) is 0 Å². The molecule has 8 heteroatoms. The van der Waals surface area contributed by atoms with Crippen molar-refractivity contribution in [3.8, 4) is 17.2 Å². The largest absolute Gasteiger partial charge is 0.493 e. The number of hydrogen-bond acceptors (Lipinski definition) is 6. The molecule has 25 heavy (non-hydrogen) atoms. The second-order valence-electron chi connectivity index (χ2n) is 6.41. The molecule has 3 rings (SSSR count). The minimum Gasteiger partial charge on any atom is -0.493 e. The number of sulfone groups is 1. The average Bonchev–Trinajstić information content (AvgIpc) is 3.36. The van der Waals surface area contributed by atoms with Crippen molar-refractivity contribution >= 4 is 15.7 Å². The number of amides is 1. The quantitative estimate of drug-likeness (QED) is 0.756. The van der Waals surface area contributed by atoms with E-state index in [1.807, 2.05) is 0 Å². The maximum Gasteiger partial charge on any atom is 0.254 e. The Labute approximate surface area is 147 Å². The highest BCUT2D eigenvalue weighted by molar-refractivity contribution is 7.91. The van der Waals surface area contributed by atoms with Crippen molar-refractivity contribution in [2.24, 2.45) is 0 Å². The number of methoxy groups -OCH3 is 3. The summed E-state index contributed by atoms with van der Waals surface area (Å²) in [7, 11) is 1.43. The highest BCUT2D eigenvalue weighted by Crippen LogP contribution is 2.40. The molecule has 1 aromatic rings. The molecule has 2 fully saturated rings. The first-order valence-electron chi connectivity index (χ1n) is 8.23. The standard InChI is InChI=1S/C17H23NO6S/c1-22-14-8-11(9-15(23-2)16(14)24-3)17(19)18(12-4-5-12)13-6-7-25(20,21)10-13/h8-9,12-13H,4-7,10H2,1-3H3. The first-order valence-corrected chi connectivity index (χ1v) is 10.1. The van der Waals surface area contributed by atoms with Crippen molar-refractivity contribution < 1.29 is 27.4 Å². The van der Waals surface area contributed by atoms with Crippen LogP contribution in [-0.2, 0) is 9.84 Å². The number of benzene rings is 1. The summed E-state index contributed by atoms with van der Waals surface area (Å²) >= 11 is 0. The predicted octanol–water partition coefficient (Wildman–Crippen LogP) is 1.50. The summed E-state index contributed by atoms with van der Waals surface area (Å²) in [6.45, 7) is 0. The molecule has 1 aromatic carbocycles. The minimum atomic E-state index is -3.06. The molecule has 7 nitrogen and oxygen atoms in total. The number of ether oxygens (including phenoxy) is 3. The summed E-state index contributed by atoms with van der Waals surface area (Å²) in [6.07, 6.45) is 2.31. The molecule has 1 heterocycles. The van der Waals surface area contributed by atoms with Crippen LogP contribution in [0, 0.1) is 0 Å². The van der Waals surface area contributed by atoms with Crippen molar-refractivity contribution in [2.75, 3.05) is 32.8 Å². The van der Waals surface area contributed by atoms with Gasteiger partial charge in [-0.15, -0.1) is 0 Å². The molecule has 1 unspecified atom stereocenters. The first kappa shape index (κ1) is 17.8. The van der Waals surface area contributed by atoms with Gasteiger partial charge in [0.2, 0.25) is 5.75 Å². The molecule has 0 spiro atoms. The molecule has 1 aliphatic heterocycles. The van der Waals surface area contributed by atoms with E-state index in [1.165, 1.54) is 21.3 Å². The Bertz CT molecular complexity index is 746. The lowest BCUT2D eigenvalue weighted by molar-refractivity contribution is 0.0680. The van der Waals surface area contributed by atoms with E-state index in [2.05, 4.69) is 0 Å². The zero-order valence-electron chi connectivity index (χ0n) is 14.6. The molecule has 0 N–H and O–H groups in total. The molecule has 138 valence electrons. The molecule has 2 aliphatic rings. The lowest BCUT2D eigenvalue weighted by Crippen LogP contribution is -2.42. The van der Waals surface area contributed by atoms with Gasteiger partial charge in [-0.25, -0.2) is 8.42 Å². The molecule has 1 saturated carbocycles. The van der Waals surface area contributed by atoms with Gasteiger partial charge < -0.3 is 19.1 Å². The zero-order valence-corrected chi connectivity index (χ0v) is 15.5. The lowest BCUT2D eigenvalue weighted by atomic mass is 10.1. The molecule has 1 aliphatic carbocycles. The van der Waals surface area contributed by atoms with Gasteiger partial charge >= 0.3 is 0 Å². The van der Waals surface area contributed by atoms with E-state index in [0.717, 1.165) is 12.8 Å². The van der Waals surface area contributed by atoms with Crippen LogP contribution < -0.4 is 14.2 Å². The van der Waals surface area contributed by atoms with Crippen molar-refractivity contribution in [2.45, 2.75) is 31.3 Å². The van der Waals surface area contributed by atoms with E-state index < -0.39 is 9.84 Å². The highest BCUT2D eigenvalue weighted by atomic mass is 32.2. The molecule has 1 saturated heterocycles. The van der Waals surface area contributed by atoms with Gasteiger partial charge in [0.15, 0.2) is 21.3 Å². The van der Waals surface area contributed by atoms with Gasteiger partial charge in [-0.3, -0.25) is 4.79 Å². The maximum absolute atomic E-state index is 13.1. The third kappa shape index (κ3) is 3.53. The SMILES string of the molecule is COc1cc(C(=O)N(C2CC2)C2CCS(=O)(=O)C2)cc(OC)c1OC. The third-order valence-corrected chi connectivity index (χ3v) is 6.44. The number of rotatable bonds is 6.